The van der Waals surface area contributed by atoms with Crippen LogP contribution in [0.4, 0.5) is 8.78 Å². The van der Waals surface area contributed by atoms with Crippen molar-refractivity contribution >= 4 is 16.9 Å². The Morgan fingerprint density at radius 3 is 2.32 bits per heavy atom. The minimum Gasteiger partial charge on any atom is -0.481 e. The van der Waals surface area contributed by atoms with Crippen molar-refractivity contribution in [2.75, 3.05) is 0 Å². The number of rotatable bonds is 4. The Balaban J connectivity index is 2.06. The fraction of sp³-hybridized carbons (Fsp3) is 0.381. The Hall–Kier alpha value is -2.83. The lowest BCUT2D eigenvalue weighted by atomic mass is 9.81. The molecule has 2 N–H and O–H groups in total. The number of halogens is 2. The van der Waals surface area contributed by atoms with Gasteiger partial charge in [0.25, 0.3) is 5.92 Å². The van der Waals surface area contributed by atoms with E-state index >= 15 is 0 Å². The number of carboxylic acid groups (broad SMARTS) is 1. The molecule has 0 aliphatic carbocycles. The van der Waals surface area contributed by atoms with Crippen molar-refractivity contribution in [3.63, 3.8) is 0 Å². The van der Waals surface area contributed by atoms with Crippen molar-refractivity contribution < 1.29 is 18.7 Å². The first kappa shape index (κ1) is 19.9. The monoisotopic (exact) mass is 387 g/mol. The average molecular weight is 387 g/mol. The van der Waals surface area contributed by atoms with Crippen LogP contribution in [-0.2, 0) is 16.1 Å². The molecule has 0 bridgehead atoms. The molecule has 0 aliphatic heterocycles. The Bertz CT molecular complexity index is 1050. The van der Waals surface area contributed by atoms with Gasteiger partial charge in [0, 0.05) is 27.6 Å². The fourth-order valence-corrected chi connectivity index (χ4v) is 2.88. The second-order valence-corrected chi connectivity index (χ2v) is 8.53. The largest absolute Gasteiger partial charge is 0.481 e. The molecule has 7 heteroatoms. The maximum atomic E-state index is 14.8. The van der Waals surface area contributed by atoms with Gasteiger partial charge in [-0.25, -0.2) is 18.7 Å². The van der Waals surface area contributed by atoms with Crippen molar-refractivity contribution in [2.24, 2.45) is 5.41 Å². The number of carboxylic acids is 1. The number of aromatic nitrogens is 3. The molecular formula is C21H23F2N3O2. The molecule has 1 aromatic carbocycles. The number of carbonyl (C=O) groups is 1. The summed E-state index contributed by atoms with van der Waals surface area (Å²) in [6.07, 6.45) is 1.48. The number of nitrogens with zero attached hydrogens (tertiary/aromatic N) is 2. The number of nitrogens with one attached hydrogen (secondary N) is 1. The van der Waals surface area contributed by atoms with E-state index in [0.29, 0.717) is 22.3 Å². The zero-order valence-electron chi connectivity index (χ0n) is 16.5. The fourth-order valence-electron chi connectivity index (χ4n) is 2.88. The van der Waals surface area contributed by atoms with E-state index in [9.17, 15) is 18.7 Å². The van der Waals surface area contributed by atoms with Crippen LogP contribution >= 0.6 is 0 Å². The standard InChI is InChI=1S/C21H23F2N3O2/c1-19(2,3)17-10-15(24-11-25-17)16-9-12-8-13(6-7-14(12)26-16)21(22,23)20(4,5)18(27)28/h6-11,26H,1-5H3,(H,27,28). The van der Waals surface area contributed by atoms with Gasteiger partial charge in [0.15, 0.2) is 0 Å². The van der Waals surface area contributed by atoms with Crippen molar-refractivity contribution in [2.45, 2.75) is 46.0 Å². The number of alkyl halides is 2. The molecule has 0 atom stereocenters. The molecule has 0 spiro atoms. The Morgan fingerprint density at radius 1 is 1.04 bits per heavy atom. The van der Waals surface area contributed by atoms with Gasteiger partial charge in [-0.1, -0.05) is 26.8 Å². The maximum absolute atomic E-state index is 14.8. The Morgan fingerprint density at radius 2 is 1.71 bits per heavy atom. The van der Waals surface area contributed by atoms with Gasteiger partial charge in [0.1, 0.15) is 11.7 Å². The van der Waals surface area contributed by atoms with E-state index in [-0.39, 0.29) is 11.0 Å². The first-order chi connectivity index (χ1) is 12.8. The van der Waals surface area contributed by atoms with Crippen LogP contribution in [0.5, 0.6) is 0 Å². The molecule has 2 heterocycles. The van der Waals surface area contributed by atoms with Crippen molar-refractivity contribution in [3.8, 4) is 11.4 Å². The Kier molecular flexibility index (Phi) is 4.52. The van der Waals surface area contributed by atoms with Gasteiger partial charge in [0.05, 0.1) is 11.4 Å². The number of H-pyrrole nitrogens is 1. The number of aromatic amines is 1. The predicted molar refractivity (Wildman–Crippen MR) is 103 cm³/mol. The van der Waals surface area contributed by atoms with Crippen molar-refractivity contribution in [3.05, 3.63) is 47.9 Å². The predicted octanol–water partition coefficient (Wildman–Crippen LogP) is 5.13. The molecule has 0 unspecified atom stereocenters. The normalized spacial score (nSPS) is 13.1. The second kappa shape index (κ2) is 6.36. The molecule has 5 nitrogen and oxygen atoms in total. The number of hydrogen-bond acceptors (Lipinski definition) is 3. The quantitative estimate of drug-likeness (QED) is 0.651. The lowest BCUT2D eigenvalue weighted by Crippen LogP contribution is -2.40. The maximum Gasteiger partial charge on any atom is 0.315 e. The molecule has 0 radical (unpaired) electrons. The van der Waals surface area contributed by atoms with E-state index in [0.717, 1.165) is 19.5 Å². The highest BCUT2D eigenvalue weighted by molar-refractivity contribution is 5.86. The van der Waals surface area contributed by atoms with E-state index in [1.807, 2.05) is 26.8 Å². The first-order valence-electron chi connectivity index (χ1n) is 8.91. The van der Waals surface area contributed by atoms with E-state index < -0.39 is 17.3 Å². The minimum atomic E-state index is -3.53. The Labute approximate surface area is 161 Å². The zero-order valence-corrected chi connectivity index (χ0v) is 16.5. The summed E-state index contributed by atoms with van der Waals surface area (Å²) in [4.78, 5) is 23.1. The summed E-state index contributed by atoms with van der Waals surface area (Å²) in [5.74, 6) is -5.08. The SMILES string of the molecule is CC(C)(C)c1cc(-c2cc3cc(C(F)(F)C(C)(C)C(=O)O)ccc3[nH]2)ncn1. The lowest BCUT2D eigenvalue weighted by Gasteiger charge is -2.30. The number of aliphatic carboxylic acids is 1. The highest BCUT2D eigenvalue weighted by Crippen LogP contribution is 2.45. The average Bonchev–Trinajstić information content (AvgIpc) is 3.04. The molecule has 28 heavy (non-hydrogen) atoms. The van der Waals surface area contributed by atoms with Crippen LogP contribution in [0.2, 0.25) is 0 Å². The van der Waals surface area contributed by atoms with Crippen LogP contribution in [0.15, 0.2) is 36.7 Å². The van der Waals surface area contributed by atoms with Gasteiger partial charge in [0.2, 0.25) is 0 Å². The van der Waals surface area contributed by atoms with Crippen LogP contribution in [0, 0.1) is 5.41 Å². The van der Waals surface area contributed by atoms with Crippen molar-refractivity contribution in [1.29, 1.82) is 0 Å². The first-order valence-corrected chi connectivity index (χ1v) is 8.91. The number of fused-ring (bicyclic) bond motifs is 1. The van der Waals surface area contributed by atoms with Crippen LogP contribution in [-0.4, -0.2) is 26.0 Å². The van der Waals surface area contributed by atoms with Gasteiger partial charge in [-0.3, -0.25) is 4.79 Å². The molecule has 2 aromatic heterocycles. The van der Waals surface area contributed by atoms with Crippen LogP contribution < -0.4 is 0 Å². The number of hydrogen-bond donors (Lipinski definition) is 2. The molecule has 0 aliphatic rings. The third-order valence-corrected chi connectivity index (χ3v) is 5.01. The summed E-state index contributed by atoms with van der Waals surface area (Å²) in [5, 5.41) is 9.76. The smallest absolute Gasteiger partial charge is 0.315 e. The van der Waals surface area contributed by atoms with E-state index in [1.165, 1.54) is 24.5 Å². The summed E-state index contributed by atoms with van der Waals surface area (Å²) >= 11 is 0. The summed E-state index contributed by atoms with van der Waals surface area (Å²) in [5.41, 5.74) is 0.160. The topological polar surface area (TPSA) is 78.9 Å². The van der Waals surface area contributed by atoms with Crippen LogP contribution in [0.1, 0.15) is 45.9 Å². The summed E-state index contributed by atoms with van der Waals surface area (Å²) in [6, 6.07) is 7.72. The highest BCUT2D eigenvalue weighted by atomic mass is 19.3. The summed E-state index contributed by atoms with van der Waals surface area (Å²) in [6.45, 7) is 8.18. The lowest BCUT2D eigenvalue weighted by molar-refractivity contribution is -0.175. The zero-order chi connectivity index (χ0) is 20.9. The van der Waals surface area contributed by atoms with Gasteiger partial charge < -0.3 is 10.1 Å². The van der Waals surface area contributed by atoms with Gasteiger partial charge in [-0.05, 0) is 38.1 Å². The molecule has 0 fully saturated rings. The summed E-state index contributed by atoms with van der Waals surface area (Å²) in [7, 11) is 0. The summed E-state index contributed by atoms with van der Waals surface area (Å²) < 4.78 is 29.6. The molecular weight excluding hydrogens is 364 g/mol. The van der Waals surface area contributed by atoms with Gasteiger partial charge in [-0.15, -0.1) is 0 Å². The highest BCUT2D eigenvalue weighted by Gasteiger charge is 2.53. The molecule has 0 saturated carbocycles. The van der Waals surface area contributed by atoms with E-state index in [4.69, 9.17) is 0 Å². The van der Waals surface area contributed by atoms with Crippen molar-refractivity contribution in [1.82, 2.24) is 15.0 Å². The van der Waals surface area contributed by atoms with Gasteiger partial charge >= 0.3 is 5.97 Å². The third-order valence-electron chi connectivity index (χ3n) is 5.01. The number of benzene rings is 1. The minimum absolute atomic E-state index is 0.151. The second-order valence-electron chi connectivity index (χ2n) is 8.53. The molecule has 0 amide bonds. The molecule has 3 aromatic rings. The molecule has 3 rings (SSSR count). The van der Waals surface area contributed by atoms with Crippen LogP contribution in [0.3, 0.4) is 0 Å². The van der Waals surface area contributed by atoms with Gasteiger partial charge in [-0.2, -0.15) is 0 Å². The van der Waals surface area contributed by atoms with E-state index in [2.05, 4.69) is 15.0 Å². The molecule has 0 saturated heterocycles. The van der Waals surface area contributed by atoms with E-state index in [1.54, 1.807) is 6.07 Å². The third kappa shape index (κ3) is 3.25. The van der Waals surface area contributed by atoms with Crippen LogP contribution in [0.25, 0.3) is 22.3 Å². The molecule has 148 valence electrons.